The van der Waals surface area contributed by atoms with Crippen molar-refractivity contribution < 1.29 is 4.42 Å². The van der Waals surface area contributed by atoms with Crippen LogP contribution in [-0.2, 0) is 5.41 Å². The fraction of sp³-hybridized carbons (Fsp3) is 0.196. The highest BCUT2D eigenvalue weighted by Crippen LogP contribution is 2.70. The Morgan fingerprint density at radius 1 is 0.475 bits per heavy atom. The highest BCUT2D eigenvalue weighted by Gasteiger charge is 2.61. The van der Waals surface area contributed by atoms with Gasteiger partial charge in [-0.3, -0.25) is 0 Å². The zero-order valence-electron chi connectivity index (χ0n) is 33.9. The predicted molar refractivity (Wildman–Crippen MR) is 250 cm³/mol. The van der Waals surface area contributed by atoms with Crippen LogP contribution in [0.25, 0.3) is 98.5 Å². The molecule has 292 valence electrons. The summed E-state index contributed by atoms with van der Waals surface area (Å²) in [5.74, 6) is 5.15. The minimum Gasteiger partial charge on any atom is -0.456 e. The normalized spacial score (nSPS) is 22.2. The van der Waals surface area contributed by atoms with Gasteiger partial charge in [-0.1, -0.05) is 109 Å². The molecule has 0 unspecified atom stereocenters. The Bertz CT molecular complexity index is 3450. The van der Waals surface area contributed by atoms with Crippen molar-refractivity contribution in [3.8, 4) is 56.4 Å². The molecule has 0 N–H and O–H groups in total. The molecule has 5 heteroatoms. The molecule has 3 heterocycles. The van der Waals surface area contributed by atoms with Crippen LogP contribution in [0.1, 0.15) is 48.8 Å². The molecular formula is C56H41N3OS. The molecule has 3 aromatic heterocycles. The zero-order valence-corrected chi connectivity index (χ0v) is 34.7. The molecule has 0 aliphatic heterocycles. The summed E-state index contributed by atoms with van der Waals surface area (Å²) in [5, 5.41) is 4.82. The maximum absolute atomic E-state index is 6.34. The van der Waals surface area contributed by atoms with E-state index in [0.717, 1.165) is 61.6 Å². The number of aromatic nitrogens is 3. The van der Waals surface area contributed by atoms with E-state index in [-0.39, 0.29) is 5.41 Å². The van der Waals surface area contributed by atoms with Crippen LogP contribution < -0.4 is 0 Å². The lowest BCUT2D eigenvalue weighted by atomic mass is 9.43. The molecule has 0 atom stereocenters. The molecule has 15 rings (SSSR count). The summed E-state index contributed by atoms with van der Waals surface area (Å²) in [6.45, 7) is 2.12. The van der Waals surface area contributed by atoms with Gasteiger partial charge in [0.05, 0.1) is 0 Å². The van der Waals surface area contributed by atoms with Gasteiger partial charge in [-0.05, 0) is 139 Å². The van der Waals surface area contributed by atoms with Gasteiger partial charge in [-0.15, -0.1) is 11.3 Å². The minimum absolute atomic E-state index is 0.0879. The Balaban J connectivity index is 0.983. The van der Waals surface area contributed by atoms with Gasteiger partial charge in [-0.2, -0.15) is 0 Å². The van der Waals surface area contributed by atoms with Crippen LogP contribution in [-0.4, -0.2) is 15.0 Å². The van der Waals surface area contributed by atoms with Crippen molar-refractivity contribution in [3.05, 3.63) is 162 Å². The summed E-state index contributed by atoms with van der Waals surface area (Å²) < 4.78 is 9.15. The third-order valence-corrected chi connectivity index (χ3v) is 16.3. The lowest BCUT2D eigenvalue weighted by Crippen LogP contribution is -2.55. The number of nitrogens with zero attached hydrogens (tertiary/aromatic N) is 3. The van der Waals surface area contributed by atoms with E-state index in [1.165, 1.54) is 69.0 Å². The van der Waals surface area contributed by atoms with Crippen molar-refractivity contribution in [2.24, 2.45) is 23.7 Å². The Morgan fingerprint density at radius 2 is 1.15 bits per heavy atom. The fourth-order valence-corrected chi connectivity index (χ4v) is 14.1. The summed E-state index contributed by atoms with van der Waals surface area (Å²) in [7, 11) is 0. The Morgan fingerprint density at radius 3 is 1.98 bits per heavy atom. The molecule has 4 bridgehead atoms. The first-order chi connectivity index (χ1) is 30.1. The van der Waals surface area contributed by atoms with E-state index < -0.39 is 0 Å². The SMILES string of the molecule is Cc1cccc(-c2nc(-c3ccccc3-c3ccc4c(c3)-c3cc5c(cc3C43C4CC6CC(C4)CC3C6)sc3ccccc35)nc(-c3cccc4oc5ccccc5c34)n2)c1. The summed E-state index contributed by atoms with van der Waals surface area (Å²) in [6.07, 6.45) is 6.93. The average molecular weight is 804 g/mol. The first kappa shape index (κ1) is 34.3. The van der Waals surface area contributed by atoms with Gasteiger partial charge in [0.25, 0.3) is 0 Å². The molecule has 7 aromatic carbocycles. The molecular weight excluding hydrogens is 763 g/mol. The van der Waals surface area contributed by atoms with E-state index >= 15 is 0 Å². The number of furan rings is 1. The maximum Gasteiger partial charge on any atom is 0.164 e. The molecule has 4 saturated carbocycles. The summed E-state index contributed by atoms with van der Waals surface area (Å²) >= 11 is 1.97. The molecule has 1 spiro atoms. The number of aryl methyl sites for hydroxylation is 1. The van der Waals surface area contributed by atoms with Crippen molar-refractivity contribution in [2.45, 2.75) is 44.4 Å². The first-order valence-electron chi connectivity index (χ1n) is 22.0. The van der Waals surface area contributed by atoms with Crippen LogP contribution in [0, 0.1) is 30.6 Å². The lowest BCUT2D eigenvalue weighted by Gasteiger charge is -2.61. The van der Waals surface area contributed by atoms with Crippen LogP contribution in [0.4, 0.5) is 0 Å². The monoisotopic (exact) mass is 803 g/mol. The average Bonchev–Trinajstić information content (AvgIpc) is 3.95. The lowest BCUT2D eigenvalue weighted by molar-refractivity contribution is -0.0398. The first-order valence-corrected chi connectivity index (χ1v) is 22.8. The zero-order chi connectivity index (χ0) is 40.0. The molecule has 0 amide bonds. The van der Waals surface area contributed by atoms with Crippen LogP contribution >= 0.6 is 11.3 Å². The van der Waals surface area contributed by atoms with Crippen molar-refractivity contribution in [3.63, 3.8) is 0 Å². The molecule has 61 heavy (non-hydrogen) atoms. The van der Waals surface area contributed by atoms with Gasteiger partial charge < -0.3 is 4.42 Å². The Kier molecular flexibility index (Phi) is 7.06. The molecule has 10 aromatic rings. The summed E-state index contributed by atoms with van der Waals surface area (Å²) in [5.41, 5.74) is 14.2. The number of hydrogen-bond donors (Lipinski definition) is 0. The van der Waals surface area contributed by atoms with Crippen LogP contribution in [0.3, 0.4) is 0 Å². The number of thiophene rings is 1. The van der Waals surface area contributed by atoms with Gasteiger partial charge >= 0.3 is 0 Å². The van der Waals surface area contributed by atoms with Gasteiger partial charge in [0.1, 0.15) is 11.2 Å². The number of fused-ring (bicyclic) bond motifs is 9. The third kappa shape index (κ3) is 4.84. The van der Waals surface area contributed by atoms with E-state index in [4.69, 9.17) is 19.4 Å². The van der Waals surface area contributed by atoms with Crippen molar-refractivity contribution in [1.29, 1.82) is 0 Å². The van der Waals surface area contributed by atoms with Gasteiger partial charge in [0.15, 0.2) is 17.5 Å². The number of benzene rings is 7. The third-order valence-electron chi connectivity index (χ3n) is 15.2. The van der Waals surface area contributed by atoms with Crippen LogP contribution in [0.2, 0.25) is 0 Å². The van der Waals surface area contributed by atoms with E-state index in [9.17, 15) is 0 Å². The molecule has 0 radical (unpaired) electrons. The number of rotatable bonds is 4. The second-order valence-corrected chi connectivity index (χ2v) is 19.5. The van der Waals surface area contributed by atoms with Crippen LogP contribution in [0.5, 0.6) is 0 Å². The van der Waals surface area contributed by atoms with Gasteiger partial charge in [0, 0.05) is 53.1 Å². The highest BCUT2D eigenvalue weighted by atomic mass is 32.1. The van der Waals surface area contributed by atoms with Gasteiger partial charge in [-0.25, -0.2) is 15.0 Å². The standard InChI is InChI=1S/C56H41N3OS/c1-31-10-8-11-35(22-31)53-57-54(59-55(58-53)42-16-9-18-49-52(42)41-15-4-6-17-48(41)60-49)40-14-3-2-12-38(40)34-20-21-46-43(28-34)44-29-45-39-13-5-7-19-50(39)61-51(45)30-47(44)56(46)36-24-32-23-33(26-36)27-37(56)25-32/h2-22,28-30,32-33,36-37H,23-27H2,1H3. The Labute approximate surface area is 358 Å². The van der Waals surface area contributed by atoms with E-state index in [1.807, 2.05) is 35.6 Å². The predicted octanol–water partition coefficient (Wildman–Crippen LogP) is 14.8. The van der Waals surface area contributed by atoms with Crippen molar-refractivity contribution in [1.82, 2.24) is 15.0 Å². The summed E-state index contributed by atoms with van der Waals surface area (Å²) in [4.78, 5) is 15.9. The van der Waals surface area contributed by atoms with E-state index in [0.29, 0.717) is 29.3 Å². The minimum atomic E-state index is 0.0879. The highest BCUT2D eigenvalue weighted by molar-refractivity contribution is 7.25. The summed E-state index contributed by atoms with van der Waals surface area (Å²) in [6, 6.07) is 53.2. The second-order valence-electron chi connectivity index (χ2n) is 18.4. The van der Waals surface area contributed by atoms with Crippen LogP contribution in [0.15, 0.2) is 150 Å². The molecule has 5 aliphatic carbocycles. The van der Waals surface area contributed by atoms with Gasteiger partial charge in [0.2, 0.25) is 0 Å². The van der Waals surface area contributed by atoms with E-state index in [2.05, 4.69) is 128 Å². The largest absolute Gasteiger partial charge is 0.456 e. The Hall–Kier alpha value is -6.43. The van der Waals surface area contributed by atoms with Crippen molar-refractivity contribution in [2.75, 3.05) is 0 Å². The molecule has 4 nitrogen and oxygen atoms in total. The van der Waals surface area contributed by atoms with E-state index in [1.54, 1.807) is 11.1 Å². The second kappa shape index (κ2) is 12.6. The smallest absolute Gasteiger partial charge is 0.164 e. The maximum atomic E-state index is 6.34. The molecule has 4 fully saturated rings. The quantitative estimate of drug-likeness (QED) is 0.178. The van der Waals surface area contributed by atoms with Crippen molar-refractivity contribution >= 4 is 53.4 Å². The fourth-order valence-electron chi connectivity index (χ4n) is 13.0. The number of hydrogen-bond acceptors (Lipinski definition) is 5. The molecule has 5 aliphatic rings. The topological polar surface area (TPSA) is 51.8 Å². The number of para-hydroxylation sites is 1. The molecule has 0 saturated heterocycles.